The van der Waals surface area contributed by atoms with Crippen LogP contribution in [0.2, 0.25) is 0 Å². The third-order valence-corrected chi connectivity index (χ3v) is 5.81. The molecule has 0 saturated heterocycles. The Labute approximate surface area is 146 Å². The average molecular weight is 375 g/mol. The van der Waals surface area contributed by atoms with Crippen molar-refractivity contribution in [2.75, 3.05) is 14.1 Å². The molecule has 0 heterocycles. The van der Waals surface area contributed by atoms with Crippen molar-refractivity contribution in [2.45, 2.75) is 44.2 Å². The lowest BCUT2D eigenvalue weighted by molar-refractivity contribution is -0.121. The van der Waals surface area contributed by atoms with Crippen LogP contribution in [0.4, 0.5) is 8.78 Å². The molecular formula is C16H23F2N3O3S. The highest BCUT2D eigenvalue weighted by atomic mass is 32.2. The quantitative estimate of drug-likeness (QED) is 0.787. The first-order valence-electron chi connectivity index (χ1n) is 8.11. The molecule has 1 fully saturated rings. The molecule has 0 aliphatic heterocycles. The van der Waals surface area contributed by atoms with Gasteiger partial charge in [0.05, 0.1) is 6.42 Å². The lowest BCUT2D eigenvalue weighted by Crippen LogP contribution is -2.48. The molecule has 0 spiro atoms. The number of hydrogen-bond donors (Lipinski definition) is 2. The summed E-state index contributed by atoms with van der Waals surface area (Å²) in [5.74, 6) is -2.41. The van der Waals surface area contributed by atoms with E-state index >= 15 is 0 Å². The Morgan fingerprint density at radius 1 is 1.24 bits per heavy atom. The predicted molar refractivity (Wildman–Crippen MR) is 90.0 cm³/mol. The molecule has 1 aliphatic rings. The third kappa shape index (κ3) is 5.45. The number of nitrogens with zero attached hydrogens (tertiary/aromatic N) is 1. The fourth-order valence-corrected chi connectivity index (χ4v) is 3.73. The zero-order chi connectivity index (χ0) is 18.6. The van der Waals surface area contributed by atoms with E-state index < -0.39 is 27.8 Å². The predicted octanol–water partition coefficient (Wildman–Crippen LogP) is 1.33. The van der Waals surface area contributed by atoms with E-state index in [2.05, 4.69) is 10.0 Å². The number of nitrogens with one attached hydrogen (secondary N) is 2. The molecule has 9 heteroatoms. The van der Waals surface area contributed by atoms with Crippen molar-refractivity contribution < 1.29 is 22.0 Å². The molecule has 2 N–H and O–H groups in total. The fourth-order valence-electron chi connectivity index (χ4n) is 2.88. The molecule has 1 aromatic rings. The normalized spacial score (nSPS) is 21.3. The molecular weight excluding hydrogens is 352 g/mol. The minimum Gasteiger partial charge on any atom is -0.353 e. The molecule has 140 valence electrons. The standard InChI is InChI=1S/C16H23F2N3O3S/c1-21(2)25(23,24)20-13-7-4-6-12(10-13)19-15(22)9-11-5-3-8-14(17)16(11)18/h3,5,8,12-13,20H,4,6-7,9-10H2,1-2H3,(H,19,22)/t12-,13-/m1/s1. The van der Waals surface area contributed by atoms with Gasteiger partial charge in [-0.3, -0.25) is 4.79 Å². The summed E-state index contributed by atoms with van der Waals surface area (Å²) in [4.78, 5) is 12.1. The molecule has 0 aromatic heterocycles. The van der Waals surface area contributed by atoms with E-state index in [9.17, 15) is 22.0 Å². The van der Waals surface area contributed by atoms with Gasteiger partial charge in [0.15, 0.2) is 11.6 Å². The highest BCUT2D eigenvalue weighted by molar-refractivity contribution is 7.87. The summed E-state index contributed by atoms with van der Waals surface area (Å²) in [7, 11) is -0.644. The van der Waals surface area contributed by atoms with Crippen LogP contribution in [0.1, 0.15) is 31.2 Å². The van der Waals surface area contributed by atoms with Gasteiger partial charge < -0.3 is 5.32 Å². The van der Waals surface area contributed by atoms with Gasteiger partial charge in [0.1, 0.15) is 0 Å². The van der Waals surface area contributed by atoms with Crippen molar-refractivity contribution in [3.63, 3.8) is 0 Å². The monoisotopic (exact) mass is 375 g/mol. The topological polar surface area (TPSA) is 78.5 Å². The van der Waals surface area contributed by atoms with Crippen LogP contribution >= 0.6 is 0 Å². The van der Waals surface area contributed by atoms with Crippen LogP contribution in [0.15, 0.2) is 18.2 Å². The molecule has 1 saturated carbocycles. The Balaban J connectivity index is 1.91. The van der Waals surface area contributed by atoms with E-state index in [0.29, 0.717) is 12.8 Å². The Morgan fingerprint density at radius 2 is 1.92 bits per heavy atom. The molecule has 1 aliphatic carbocycles. The number of hydrogen-bond acceptors (Lipinski definition) is 3. The highest BCUT2D eigenvalue weighted by Gasteiger charge is 2.27. The number of carbonyl (C=O) groups is 1. The Kier molecular flexibility index (Phi) is 6.47. The van der Waals surface area contributed by atoms with Crippen LogP contribution < -0.4 is 10.0 Å². The van der Waals surface area contributed by atoms with Gasteiger partial charge in [-0.25, -0.2) is 8.78 Å². The summed E-state index contributed by atoms with van der Waals surface area (Å²) in [6, 6.07) is 3.25. The first kappa shape index (κ1) is 19.7. The van der Waals surface area contributed by atoms with Crippen molar-refractivity contribution >= 4 is 16.1 Å². The molecule has 25 heavy (non-hydrogen) atoms. The minimum absolute atomic E-state index is 0.00169. The first-order valence-corrected chi connectivity index (χ1v) is 9.55. The van der Waals surface area contributed by atoms with Gasteiger partial charge in [0, 0.05) is 31.7 Å². The van der Waals surface area contributed by atoms with E-state index in [-0.39, 0.29) is 24.1 Å². The fraction of sp³-hybridized carbons (Fsp3) is 0.562. The van der Waals surface area contributed by atoms with Gasteiger partial charge >= 0.3 is 0 Å². The van der Waals surface area contributed by atoms with Gasteiger partial charge in [0.2, 0.25) is 5.91 Å². The Bertz CT molecular complexity index is 725. The van der Waals surface area contributed by atoms with Crippen molar-refractivity contribution in [3.8, 4) is 0 Å². The molecule has 0 bridgehead atoms. The molecule has 2 rings (SSSR count). The van der Waals surface area contributed by atoms with Crippen LogP contribution in [0.25, 0.3) is 0 Å². The summed E-state index contributed by atoms with van der Waals surface area (Å²) < 4.78 is 54.3. The summed E-state index contributed by atoms with van der Waals surface area (Å²) in [6.45, 7) is 0. The molecule has 6 nitrogen and oxygen atoms in total. The van der Waals surface area contributed by atoms with Gasteiger partial charge in [-0.2, -0.15) is 17.4 Å². The summed E-state index contributed by atoms with van der Waals surface area (Å²) in [6.07, 6.45) is 2.38. The number of amides is 1. The summed E-state index contributed by atoms with van der Waals surface area (Å²) in [5, 5.41) is 2.78. The maximum atomic E-state index is 13.6. The maximum Gasteiger partial charge on any atom is 0.279 e. The van der Waals surface area contributed by atoms with E-state index in [4.69, 9.17) is 0 Å². The molecule has 0 unspecified atom stereocenters. The van der Waals surface area contributed by atoms with Crippen molar-refractivity contribution in [2.24, 2.45) is 0 Å². The van der Waals surface area contributed by atoms with Gasteiger partial charge in [-0.05, 0) is 31.7 Å². The van der Waals surface area contributed by atoms with Crippen LogP contribution in [-0.2, 0) is 21.4 Å². The second kappa shape index (κ2) is 8.20. The molecule has 0 radical (unpaired) electrons. The van der Waals surface area contributed by atoms with Crippen LogP contribution in [0.5, 0.6) is 0 Å². The third-order valence-electron chi connectivity index (χ3n) is 4.22. The zero-order valence-electron chi connectivity index (χ0n) is 14.3. The smallest absolute Gasteiger partial charge is 0.279 e. The highest BCUT2D eigenvalue weighted by Crippen LogP contribution is 2.20. The van der Waals surface area contributed by atoms with Crippen LogP contribution in [-0.4, -0.2) is 44.8 Å². The molecule has 2 atom stereocenters. The van der Waals surface area contributed by atoms with Gasteiger partial charge in [-0.15, -0.1) is 0 Å². The first-order chi connectivity index (χ1) is 11.7. The van der Waals surface area contributed by atoms with Crippen LogP contribution in [0.3, 0.4) is 0 Å². The Morgan fingerprint density at radius 3 is 2.60 bits per heavy atom. The van der Waals surface area contributed by atoms with E-state index in [1.165, 1.54) is 26.2 Å². The van der Waals surface area contributed by atoms with Gasteiger partial charge in [0.25, 0.3) is 10.2 Å². The van der Waals surface area contributed by atoms with E-state index in [1.807, 2.05) is 0 Å². The zero-order valence-corrected chi connectivity index (χ0v) is 15.1. The van der Waals surface area contributed by atoms with Crippen molar-refractivity contribution in [3.05, 3.63) is 35.4 Å². The van der Waals surface area contributed by atoms with Crippen molar-refractivity contribution in [1.82, 2.24) is 14.3 Å². The number of benzene rings is 1. The van der Waals surface area contributed by atoms with Crippen LogP contribution in [0, 0.1) is 11.6 Å². The maximum absolute atomic E-state index is 13.6. The van der Waals surface area contributed by atoms with Crippen molar-refractivity contribution in [1.29, 1.82) is 0 Å². The Hall–Kier alpha value is -1.58. The molecule has 1 amide bonds. The summed E-state index contributed by atoms with van der Waals surface area (Å²) in [5.41, 5.74) is -0.00169. The number of carbonyl (C=O) groups excluding carboxylic acids is 1. The lowest BCUT2D eigenvalue weighted by Gasteiger charge is -2.30. The van der Waals surface area contributed by atoms with E-state index in [1.54, 1.807) is 0 Å². The van der Waals surface area contributed by atoms with Gasteiger partial charge in [-0.1, -0.05) is 12.1 Å². The summed E-state index contributed by atoms with van der Waals surface area (Å²) >= 11 is 0. The lowest BCUT2D eigenvalue weighted by atomic mass is 9.91. The number of halogens is 2. The molecule has 1 aromatic carbocycles. The minimum atomic E-state index is -3.53. The largest absolute Gasteiger partial charge is 0.353 e. The number of rotatable bonds is 6. The van der Waals surface area contributed by atoms with E-state index in [0.717, 1.165) is 23.2 Å². The second-order valence-electron chi connectivity index (χ2n) is 6.42. The average Bonchev–Trinajstić information content (AvgIpc) is 2.51. The second-order valence-corrected chi connectivity index (χ2v) is 8.34. The SMILES string of the molecule is CN(C)S(=O)(=O)N[C@@H]1CCC[C@@H](NC(=O)Cc2cccc(F)c2F)C1.